The first-order valence-corrected chi connectivity index (χ1v) is 17.2. The third-order valence-corrected chi connectivity index (χ3v) is 10.2. The maximum atomic E-state index is 2.47. The zero-order valence-corrected chi connectivity index (χ0v) is 27.4. The molecule has 0 amide bonds. The number of hydrogen-bond donors (Lipinski definition) is 0. The van der Waals surface area contributed by atoms with Crippen LogP contribution in [0.25, 0.3) is 10.8 Å². The van der Waals surface area contributed by atoms with Gasteiger partial charge in [-0.05, 0) is 106 Å². The highest BCUT2D eigenvalue weighted by Crippen LogP contribution is 2.46. The molecule has 8 aromatic carbocycles. The van der Waals surface area contributed by atoms with Crippen LogP contribution in [0.3, 0.4) is 0 Å². The lowest BCUT2D eigenvalue weighted by Gasteiger charge is -2.44. The van der Waals surface area contributed by atoms with Crippen molar-refractivity contribution in [1.82, 2.24) is 0 Å². The van der Waals surface area contributed by atoms with Crippen LogP contribution in [0, 0.1) is 0 Å². The van der Waals surface area contributed by atoms with Gasteiger partial charge in [0.25, 0.3) is 6.71 Å². The summed E-state index contributed by atoms with van der Waals surface area (Å²) < 4.78 is 0. The van der Waals surface area contributed by atoms with E-state index in [1.165, 1.54) is 49.9 Å². The van der Waals surface area contributed by atoms with Gasteiger partial charge < -0.3 is 14.7 Å². The molecule has 0 aliphatic carbocycles. The van der Waals surface area contributed by atoms with E-state index in [1.54, 1.807) is 0 Å². The molecule has 2 aliphatic rings. The summed E-state index contributed by atoms with van der Waals surface area (Å²) in [5, 5.41) is 2.49. The van der Waals surface area contributed by atoms with Crippen molar-refractivity contribution >= 4 is 85.1 Å². The van der Waals surface area contributed by atoms with E-state index < -0.39 is 0 Å². The number of rotatable bonds is 5. The van der Waals surface area contributed by atoms with Crippen LogP contribution in [0.5, 0.6) is 0 Å². The Labute approximate surface area is 293 Å². The molecule has 0 fully saturated rings. The van der Waals surface area contributed by atoms with Gasteiger partial charge in [-0.15, -0.1) is 0 Å². The zero-order chi connectivity index (χ0) is 33.0. The van der Waals surface area contributed by atoms with E-state index >= 15 is 0 Å². The number of nitrogens with zero attached hydrogens (tertiary/aromatic N) is 3. The Hall–Kier alpha value is -6.52. The third-order valence-electron chi connectivity index (χ3n) is 10.2. The number of hydrogen-bond acceptors (Lipinski definition) is 3. The molecular weight excluding hydrogens is 605 g/mol. The molecule has 0 unspecified atom stereocenters. The monoisotopic (exact) mass is 637 g/mol. The molecule has 3 nitrogen and oxygen atoms in total. The smallest absolute Gasteiger partial charge is 0.252 e. The summed E-state index contributed by atoms with van der Waals surface area (Å²) in [4.78, 5) is 7.29. The van der Waals surface area contributed by atoms with E-state index in [1.807, 2.05) is 0 Å². The van der Waals surface area contributed by atoms with Crippen molar-refractivity contribution in [3.63, 3.8) is 0 Å². The van der Waals surface area contributed by atoms with Gasteiger partial charge in [-0.1, -0.05) is 115 Å². The molecule has 8 aromatic rings. The predicted octanol–water partition coefficient (Wildman–Crippen LogP) is 10.4. The van der Waals surface area contributed by atoms with Crippen molar-refractivity contribution in [2.24, 2.45) is 0 Å². The number of fused-ring (bicyclic) bond motifs is 5. The Kier molecular flexibility index (Phi) is 6.60. The average molecular weight is 638 g/mol. The first-order chi connectivity index (χ1) is 24.8. The molecule has 10 rings (SSSR count). The van der Waals surface area contributed by atoms with Gasteiger partial charge in [0.15, 0.2) is 0 Å². The molecule has 0 atom stereocenters. The summed E-state index contributed by atoms with van der Waals surface area (Å²) >= 11 is 0. The second kappa shape index (κ2) is 11.6. The van der Waals surface area contributed by atoms with Crippen molar-refractivity contribution in [3.05, 3.63) is 194 Å². The summed E-state index contributed by atoms with van der Waals surface area (Å²) in [7, 11) is 0. The fraction of sp³-hybridized carbons (Fsp3) is 0. The minimum Gasteiger partial charge on any atom is -0.311 e. The summed E-state index contributed by atoms with van der Waals surface area (Å²) in [6.07, 6.45) is 0. The Balaban J connectivity index is 1.27. The maximum Gasteiger partial charge on any atom is 0.252 e. The molecule has 234 valence electrons. The maximum absolute atomic E-state index is 2.47. The lowest BCUT2D eigenvalue weighted by atomic mass is 9.33. The fourth-order valence-corrected chi connectivity index (χ4v) is 8.06. The average Bonchev–Trinajstić information content (AvgIpc) is 3.19. The number of para-hydroxylation sites is 4. The molecular formula is C46H32BN3. The van der Waals surface area contributed by atoms with Crippen LogP contribution in [0.15, 0.2) is 194 Å². The van der Waals surface area contributed by atoms with Gasteiger partial charge in [-0.25, -0.2) is 0 Å². The van der Waals surface area contributed by atoms with Crippen LogP contribution in [0.4, 0.5) is 51.2 Å². The molecule has 0 aromatic heterocycles. The van der Waals surface area contributed by atoms with E-state index in [0.717, 1.165) is 28.4 Å². The topological polar surface area (TPSA) is 9.72 Å². The molecule has 0 saturated heterocycles. The Morgan fingerprint density at radius 1 is 0.340 bits per heavy atom. The number of benzene rings is 8. The van der Waals surface area contributed by atoms with Crippen molar-refractivity contribution < 1.29 is 0 Å². The van der Waals surface area contributed by atoms with Gasteiger partial charge >= 0.3 is 0 Å². The van der Waals surface area contributed by atoms with E-state index in [-0.39, 0.29) is 6.71 Å². The molecule has 50 heavy (non-hydrogen) atoms. The Morgan fingerprint density at radius 2 is 0.820 bits per heavy atom. The first kappa shape index (κ1) is 28.5. The van der Waals surface area contributed by atoms with Gasteiger partial charge in [0.2, 0.25) is 0 Å². The standard InChI is InChI=1S/C46H32BN3/c1-5-18-35(19-6-1)48(36-20-7-2-8-21-36)39-28-29-40-45(32-39)50(38-24-11-4-12-25-38)43-27-15-26-42-46(43)47(40)41-30-33-16-13-14-17-34(33)31-44(41)49(42)37-22-9-3-10-23-37/h1-32H. The van der Waals surface area contributed by atoms with E-state index in [4.69, 9.17) is 0 Å². The first-order valence-electron chi connectivity index (χ1n) is 17.2. The zero-order valence-electron chi connectivity index (χ0n) is 27.4. The van der Waals surface area contributed by atoms with Crippen LogP contribution < -0.4 is 31.1 Å². The minimum absolute atomic E-state index is 0.0479. The Bertz CT molecular complexity index is 2460. The van der Waals surface area contributed by atoms with Gasteiger partial charge in [0.1, 0.15) is 0 Å². The fourth-order valence-electron chi connectivity index (χ4n) is 8.06. The highest BCUT2D eigenvalue weighted by Gasteiger charge is 2.43. The SMILES string of the molecule is c1ccc(N(c2ccccc2)c2ccc3c(c2)N(c2ccccc2)c2cccc4c2B3c2cc3ccccc3cc2N4c2ccccc2)cc1. The molecule has 0 bridgehead atoms. The van der Waals surface area contributed by atoms with Crippen molar-refractivity contribution in [1.29, 1.82) is 0 Å². The van der Waals surface area contributed by atoms with Crippen molar-refractivity contribution in [2.45, 2.75) is 0 Å². The highest BCUT2D eigenvalue weighted by molar-refractivity contribution is 7.00. The molecule has 2 aliphatic heterocycles. The van der Waals surface area contributed by atoms with Crippen LogP contribution in [0.1, 0.15) is 0 Å². The predicted molar refractivity (Wildman–Crippen MR) is 213 cm³/mol. The van der Waals surface area contributed by atoms with E-state index in [2.05, 4.69) is 209 Å². The summed E-state index contributed by atoms with van der Waals surface area (Å²) in [5.74, 6) is 0. The summed E-state index contributed by atoms with van der Waals surface area (Å²) in [6.45, 7) is 0.0479. The van der Waals surface area contributed by atoms with Gasteiger partial charge in [-0.2, -0.15) is 0 Å². The molecule has 4 heteroatoms. The van der Waals surface area contributed by atoms with Gasteiger partial charge in [-0.3, -0.25) is 0 Å². The molecule has 2 heterocycles. The molecule has 0 radical (unpaired) electrons. The quantitative estimate of drug-likeness (QED) is 0.174. The molecule has 0 saturated carbocycles. The van der Waals surface area contributed by atoms with E-state index in [0.29, 0.717) is 0 Å². The minimum atomic E-state index is 0.0479. The van der Waals surface area contributed by atoms with Crippen molar-refractivity contribution in [2.75, 3.05) is 14.7 Å². The number of anilines is 9. The third kappa shape index (κ3) is 4.46. The van der Waals surface area contributed by atoms with Crippen LogP contribution in [-0.2, 0) is 0 Å². The lowest BCUT2D eigenvalue weighted by molar-refractivity contribution is 1.24. The molecule has 0 spiro atoms. The lowest BCUT2D eigenvalue weighted by Crippen LogP contribution is -2.61. The summed E-state index contributed by atoms with van der Waals surface area (Å²) in [5.41, 5.74) is 14.4. The van der Waals surface area contributed by atoms with Gasteiger partial charge in [0, 0.05) is 51.2 Å². The second-order valence-electron chi connectivity index (χ2n) is 13.0. The largest absolute Gasteiger partial charge is 0.311 e. The van der Waals surface area contributed by atoms with Crippen LogP contribution in [0.2, 0.25) is 0 Å². The Morgan fingerprint density at radius 3 is 1.38 bits per heavy atom. The molecule has 0 N–H and O–H groups in total. The normalized spacial score (nSPS) is 12.7. The highest BCUT2D eigenvalue weighted by atomic mass is 15.2. The summed E-state index contributed by atoms with van der Waals surface area (Å²) in [6, 6.07) is 70.4. The van der Waals surface area contributed by atoms with E-state index in [9.17, 15) is 0 Å². The van der Waals surface area contributed by atoms with Crippen molar-refractivity contribution in [3.8, 4) is 0 Å². The van der Waals surface area contributed by atoms with Crippen LogP contribution in [-0.4, -0.2) is 6.71 Å². The second-order valence-corrected chi connectivity index (χ2v) is 13.0. The van der Waals surface area contributed by atoms with Crippen LogP contribution >= 0.6 is 0 Å². The van der Waals surface area contributed by atoms with Gasteiger partial charge in [0.05, 0.1) is 0 Å².